The number of aliphatic carboxylic acids is 1. The van der Waals surface area contributed by atoms with Crippen molar-refractivity contribution >= 4 is 21.9 Å². The number of halogens is 3. The average molecular weight is 387 g/mol. The summed E-state index contributed by atoms with van der Waals surface area (Å²) in [4.78, 5) is 22.4. The SMILES string of the molecule is Cc1noc(C)c1S(=O)(=O)NC(C)C(=O)NC(CC(F)(F)F)C(=O)O. The number of sulfonamides is 1. The van der Waals surface area contributed by atoms with Gasteiger partial charge in [-0.05, 0) is 20.8 Å². The number of aryl methyl sites for hydroxylation is 2. The molecule has 0 fully saturated rings. The van der Waals surface area contributed by atoms with Crippen molar-refractivity contribution in [3.8, 4) is 0 Å². The van der Waals surface area contributed by atoms with Crippen LogP contribution in [0.15, 0.2) is 9.42 Å². The lowest BCUT2D eigenvalue weighted by Gasteiger charge is -2.19. The van der Waals surface area contributed by atoms with E-state index in [2.05, 4.69) is 5.16 Å². The third-order valence-electron chi connectivity index (χ3n) is 3.01. The molecule has 0 aromatic carbocycles. The van der Waals surface area contributed by atoms with E-state index in [4.69, 9.17) is 9.63 Å². The van der Waals surface area contributed by atoms with Gasteiger partial charge in [0.25, 0.3) is 0 Å². The fourth-order valence-corrected chi connectivity index (χ4v) is 3.46. The van der Waals surface area contributed by atoms with E-state index < -0.39 is 46.6 Å². The van der Waals surface area contributed by atoms with Gasteiger partial charge in [-0.3, -0.25) is 4.79 Å². The van der Waals surface area contributed by atoms with Crippen molar-refractivity contribution < 1.29 is 40.8 Å². The number of nitrogens with zero attached hydrogens (tertiary/aromatic N) is 1. The van der Waals surface area contributed by atoms with E-state index in [0.717, 1.165) is 6.92 Å². The van der Waals surface area contributed by atoms with E-state index in [1.54, 1.807) is 5.32 Å². The van der Waals surface area contributed by atoms with Crippen LogP contribution in [-0.2, 0) is 19.6 Å². The maximum Gasteiger partial charge on any atom is 0.391 e. The van der Waals surface area contributed by atoms with Crippen molar-refractivity contribution in [3.05, 3.63) is 11.5 Å². The van der Waals surface area contributed by atoms with E-state index in [0.29, 0.717) is 0 Å². The zero-order valence-electron chi connectivity index (χ0n) is 13.3. The lowest BCUT2D eigenvalue weighted by molar-refractivity contribution is -0.160. The molecule has 0 saturated carbocycles. The minimum Gasteiger partial charge on any atom is -0.480 e. The Hall–Kier alpha value is -2.15. The zero-order valence-corrected chi connectivity index (χ0v) is 14.2. The Bertz CT molecular complexity index is 739. The predicted molar refractivity (Wildman–Crippen MR) is 76.0 cm³/mol. The van der Waals surface area contributed by atoms with Gasteiger partial charge in [0.05, 0.1) is 12.5 Å². The molecule has 1 aromatic heterocycles. The molecule has 25 heavy (non-hydrogen) atoms. The predicted octanol–water partition coefficient (Wildman–Crippen LogP) is 0.480. The van der Waals surface area contributed by atoms with Crippen LogP contribution in [0.25, 0.3) is 0 Å². The normalized spacial score (nSPS) is 14.8. The number of alkyl halides is 3. The monoisotopic (exact) mass is 387 g/mol. The smallest absolute Gasteiger partial charge is 0.391 e. The summed E-state index contributed by atoms with van der Waals surface area (Å²) in [7, 11) is -4.25. The van der Waals surface area contributed by atoms with E-state index in [1.165, 1.54) is 13.8 Å². The van der Waals surface area contributed by atoms with Crippen LogP contribution in [0, 0.1) is 13.8 Å². The number of carbonyl (C=O) groups is 2. The molecule has 142 valence electrons. The second-order valence-electron chi connectivity index (χ2n) is 5.21. The molecule has 0 aliphatic carbocycles. The summed E-state index contributed by atoms with van der Waals surface area (Å²) in [6.07, 6.45) is -6.62. The first-order valence-corrected chi connectivity index (χ1v) is 8.28. The summed E-state index contributed by atoms with van der Waals surface area (Å²) in [5, 5.41) is 13.8. The van der Waals surface area contributed by atoms with Crippen LogP contribution in [0.2, 0.25) is 0 Å². The van der Waals surface area contributed by atoms with Crippen LogP contribution in [0.4, 0.5) is 13.2 Å². The standard InChI is InChI=1S/C12H16F3N3O6S/c1-5-9(7(3)24-17-5)25(22,23)18-6(2)10(19)16-8(11(20)21)4-12(13,14)15/h6,8,18H,4H2,1-3H3,(H,16,19)(H,20,21). The molecule has 1 amide bonds. The van der Waals surface area contributed by atoms with E-state index >= 15 is 0 Å². The molecule has 13 heteroatoms. The van der Waals surface area contributed by atoms with E-state index in [1.807, 2.05) is 4.72 Å². The number of nitrogens with one attached hydrogen (secondary N) is 2. The zero-order chi connectivity index (χ0) is 19.6. The van der Waals surface area contributed by atoms with Crippen LogP contribution in [-0.4, -0.2) is 48.8 Å². The van der Waals surface area contributed by atoms with Crippen molar-refractivity contribution in [1.82, 2.24) is 15.2 Å². The molecule has 0 aliphatic heterocycles. The average Bonchev–Trinajstić information content (AvgIpc) is 2.75. The maximum absolute atomic E-state index is 12.3. The van der Waals surface area contributed by atoms with Gasteiger partial charge in [0, 0.05) is 0 Å². The molecule has 1 aromatic rings. The first-order chi connectivity index (χ1) is 11.2. The lowest BCUT2D eigenvalue weighted by Crippen LogP contribution is -2.51. The first-order valence-electron chi connectivity index (χ1n) is 6.79. The molecule has 2 atom stereocenters. The lowest BCUT2D eigenvalue weighted by atomic mass is 10.2. The van der Waals surface area contributed by atoms with Gasteiger partial charge in [-0.2, -0.15) is 17.9 Å². The molecule has 3 N–H and O–H groups in total. The van der Waals surface area contributed by atoms with Gasteiger partial charge < -0.3 is 14.9 Å². The maximum atomic E-state index is 12.3. The van der Waals surface area contributed by atoms with Gasteiger partial charge in [-0.15, -0.1) is 0 Å². The summed E-state index contributed by atoms with van der Waals surface area (Å²) in [6.45, 7) is 3.72. The summed E-state index contributed by atoms with van der Waals surface area (Å²) in [5.41, 5.74) is 0.0260. The molecule has 0 bridgehead atoms. The van der Waals surface area contributed by atoms with Crippen LogP contribution in [0.5, 0.6) is 0 Å². The largest absolute Gasteiger partial charge is 0.480 e. The third-order valence-corrected chi connectivity index (χ3v) is 4.80. The van der Waals surface area contributed by atoms with Crippen molar-refractivity contribution in [2.45, 2.75) is 50.3 Å². The van der Waals surface area contributed by atoms with Gasteiger partial charge in [0.15, 0.2) is 5.76 Å². The Morgan fingerprint density at radius 1 is 1.32 bits per heavy atom. The van der Waals surface area contributed by atoms with Gasteiger partial charge in [0.1, 0.15) is 16.6 Å². The van der Waals surface area contributed by atoms with Crippen LogP contribution >= 0.6 is 0 Å². The second-order valence-corrected chi connectivity index (χ2v) is 6.87. The summed E-state index contributed by atoms with van der Waals surface area (Å²) < 4.78 is 68.0. The fraction of sp³-hybridized carbons (Fsp3) is 0.583. The molecular weight excluding hydrogens is 371 g/mol. The molecular formula is C12H16F3N3O6S. The number of aromatic nitrogens is 1. The molecule has 1 heterocycles. The van der Waals surface area contributed by atoms with Gasteiger partial charge >= 0.3 is 12.1 Å². The minimum absolute atomic E-state index is 0.0260. The summed E-state index contributed by atoms with van der Waals surface area (Å²) >= 11 is 0. The topological polar surface area (TPSA) is 139 Å². The number of carbonyl (C=O) groups excluding carboxylic acids is 1. The van der Waals surface area contributed by atoms with Crippen molar-refractivity contribution in [2.75, 3.05) is 0 Å². The summed E-state index contributed by atoms with van der Waals surface area (Å²) in [6, 6.07) is -3.77. The Labute approximate surface area is 140 Å². The molecule has 9 nitrogen and oxygen atoms in total. The van der Waals surface area contributed by atoms with Gasteiger partial charge in [0.2, 0.25) is 15.9 Å². The molecule has 0 saturated heterocycles. The van der Waals surface area contributed by atoms with Crippen molar-refractivity contribution in [1.29, 1.82) is 0 Å². The third kappa shape index (κ3) is 5.70. The molecule has 0 spiro atoms. The quantitative estimate of drug-likeness (QED) is 0.618. The Morgan fingerprint density at radius 2 is 1.88 bits per heavy atom. The fourth-order valence-electron chi connectivity index (χ4n) is 1.93. The van der Waals surface area contributed by atoms with E-state index in [9.17, 15) is 31.2 Å². The summed E-state index contributed by atoms with van der Waals surface area (Å²) in [5.74, 6) is -3.17. The Balaban J connectivity index is 2.87. The van der Waals surface area contributed by atoms with E-state index in [-0.39, 0.29) is 16.3 Å². The molecule has 2 unspecified atom stereocenters. The van der Waals surface area contributed by atoms with Crippen molar-refractivity contribution in [3.63, 3.8) is 0 Å². The Kier molecular flexibility index (Phi) is 6.18. The highest BCUT2D eigenvalue weighted by molar-refractivity contribution is 7.89. The van der Waals surface area contributed by atoms with Gasteiger partial charge in [-0.1, -0.05) is 5.16 Å². The highest BCUT2D eigenvalue weighted by Gasteiger charge is 2.37. The van der Waals surface area contributed by atoms with Gasteiger partial charge in [-0.25, -0.2) is 13.2 Å². The molecule has 0 radical (unpaired) electrons. The Morgan fingerprint density at radius 3 is 2.28 bits per heavy atom. The van der Waals surface area contributed by atoms with Crippen molar-refractivity contribution in [2.24, 2.45) is 0 Å². The van der Waals surface area contributed by atoms with Crippen LogP contribution in [0.1, 0.15) is 24.8 Å². The van der Waals surface area contributed by atoms with Crippen LogP contribution < -0.4 is 10.0 Å². The molecule has 1 rings (SSSR count). The molecule has 0 aliphatic rings. The number of amides is 1. The highest BCUT2D eigenvalue weighted by Crippen LogP contribution is 2.22. The highest BCUT2D eigenvalue weighted by atomic mass is 32.2. The minimum atomic E-state index is -4.82. The van der Waals surface area contributed by atoms with Crippen LogP contribution in [0.3, 0.4) is 0 Å². The number of carboxylic acids is 1. The number of hydrogen-bond donors (Lipinski definition) is 3. The first kappa shape index (κ1) is 20.9. The number of carboxylic acid groups (broad SMARTS) is 1. The second kappa shape index (κ2) is 7.39. The number of rotatable bonds is 7. The number of hydrogen-bond acceptors (Lipinski definition) is 6.